The molecule has 4 N–H and O–H groups in total. The van der Waals surface area contributed by atoms with Crippen molar-refractivity contribution in [1.29, 1.82) is 0 Å². The first-order valence-corrected chi connectivity index (χ1v) is 5.54. The predicted octanol–water partition coefficient (Wildman–Crippen LogP) is 1.12. The first kappa shape index (κ1) is 12.1. The van der Waals surface area contributed by atoms with Gasteiger partial charge in [0.2, 0.25) is 5.95 Å². The summed E-state index contributed by atoms with van der Waals surface area (Å²) < 4.78 is 5.34. The van der Waals surface area contributed by atoms with Gasteiger partial charge < -0.3 is 4.74 Å². The maximum absolute atomic E-state index is 11.4. The van der Waals surface area contributed by atoms with Crippen LogP contribution in [-0.2, 0) is 0 Å². The van der Waals surface area contributed by atoms with Gasteiger partial charge in [0.1, 0.15) is 5.75 Å². The van der Waals surface area contributed by atoms with E-state index in [-0.39, 0.29) is 11.5 Å². The summed E-state index contributed by atoms with van der Waals surface area (Å²) in [5.74, 6) is 6.24. The maximum atomic E-state index is 11.4. The van der Waals surface area contributed by atoms with Gasteiger partial charge in [-0.05, 0) is 31.2 Å². The molecule has 18 heavy (non-hydrogen) atoms. The standard InChI is InChI=1S/C12H14N4O2/c1-2-18-9-5-3-8(4-6-9)10-7-11(17)15-12(14-10)16-13/h3-7H,2,13H2,1H3,(H2,14,15,16,17). The molecule has 0 aliphatic carbocycles. The molecule has 0 aliphatic rings. The van der Waals surface area contributed by atoms with Gasteiger partial charge in [-0.25, -0.2) is 10.8 Å². The average Bonchev–Trinajstić information content (AvgIpc) is 2.39. The number of nitrogens with two attached hydrogens (primary N) is 1. The van der Waals surface area contributed by atoms with Gasteiger partial charge in [0.05, 0.1) is 12.3 Å². The number of aromatic nitrogens is 2. The quantitative estimate of drug-likeness (QED) is 0.555. The normalized spacial score (nSPS) is 10.1. The van der Waals surface area contributed by atoms with Crippen LogP contribution in [-0.4, -0.2) is 16.6 Å². The molecule has 6 heteroatoms. The van der Waals surface area contributed by atoms with Crippen LogP contribution in [0.25, 0.3) is 11.3 Å². The third-order valence-electron chi connectivity index (χ3n) is 2.34. The highest BCUT2D eigenvalue weighted by atomic mass is 16.5. The Morgan fingerprint density at radius 3 is 2.72 bits per heavy atom. The van der Waals surface area contributed by atoms with Crippen LogP contribution in [0.5, 0.6) is 5.75 Å². The largest absolute Gasteiger partial charge is 0.494 e. The average molecular weight is 246 g/mol. The number of aromatic amines is 1. The molecule has 2 aromatic rings. The van der Waals surface area contributed by atoms with E-state index in [1.54, 1.807) is 0 Å². The van der Waals surface area contributed by atoms with Gasteiger partial charge in [-0.2, -0.15) is 0 Å². The molecule has 0 spiro atoms. The molecule has 0 saturated heterocycles. The molecular weight excluding hydrogens is 232 g/mol. The van der Waals surface area contributed by atoms with E-state index in [2.05, 4.69) is 15.4 Å². The number of nitrogens with one attached hydrogen (secondary N) is 2. The highest BCUT2D eigenvalue weighted by Crippen LogP contribution is 2.20. The minimum atomic E-state index is -0.262. The van der Waals surface area contributed by atoms with Crippen LogP contribution in [0.1, 0.15) is 6.92 Å². The molecule has 0 aliphatic heterocycles. The van der Waals surface area contributed by atoms with Crippen molar-refractivity contribution in [3.63, 3.8) is 0 Å². The van der Waals surface area contributed by atoms with Gasteiger partial charge in [0.15, 0.2) is 0 Å². The Hall–Kier alpha value is -2.34. The molecule has 1 aromatic carbocycles. The fourth-order valence-electron chi connectivity index (χ4n) is 1.56. The predicted molar refractivity (Wildman–Crippen MR) is 69.3 cm³/mol. The molecule has 6 nitrogen and oxygen atoms in total. The Balaban J connectivity index is 2.36. The van der Waals surface area contributed by atoms with Crippen LogP contribution in [0.2, 0.25) is 0 Å². The van der Waals surface area contributed by atoms with Crippen molar-refractivity contribution in [1.82, 2.24) is 9.97 Å². The summed E-state index contributed by atoms with van der Waals surface area (Å²) in [6.07, 6.45) is 0. The minimum absolute atomic E-state index is 0.228. The number of ether oxygens (including phenoxy) is 1. The number of H-pyrrole nitrogens is 1. The molecule has 0 saturated carbocycles. The van der Waals surface area contributed by atoms with E-state index in [0.29, 0.717) is 12.3 Å². The summed E-state index contributed by atoms with van der Waals surface area (Å²) in [6, 6.07) is 8.76. The molecule has 0 radical (unpaired) electrons. The lowest BCUT2D eigenvalue weighted by Gasteiger charge is -2.05. The third-order valence-corrected chi connectivity index (χ3v) is 2.34. The molecule has 0 bridgehead atoms. The number of anilines is 1. The minimum Gasteiger partial charge on any atom is -0.494 e. The van der Waals surface area contributed by atoms with Gasteiger partial charge in [-0.15, -0.1) is 0 Å². The second-order valence-corrected chi connectivity index (χ2v) is 3.58. The van der Waals surface area contributed by atoms with Gasteiger partial charge in [0.25, 0.3) is 5.56 Å². The lowest BCUT2D eigenvalue weighted by molar-refractivity contribution is 0.340. The van der Waals surface area contributed by atoms with Crippen LogP contribution < -0.4 is 21.6 Å². The van der Waals surface area contributed by atoms with E-state index in [4.69, 9.17) is 10.6 Å². The summed E-state index contributed by atoms with van der Waals surface area (Å²) in [4.78, 5) is 18.0. The zero-order valence-electron chi connectivity index (χ0n) is 9.93. The number of hydrogen-bond acceptors (Lipinski definition) is 5. The highest BCUT2D eigenvalue weighted by molar-refractivity contribution is 5.60. The number of hydrazine groups is 1. The molecule has 2 rings (SSSR count). The van der Waals surface area contributed by atoms with E-state index in [0.717, 1.165) is 11.3 Å². The van der Waals surface area contributed by atoms with Gasteiger partial charge in [-0.1, -0.05) is 0 Å². The van der Waals surface area contributed by atoms with E-state index >= 15 is 0 Å². The van der Waals surface area contributed by atoms with Gasteiger partial charge >= 0.3 is 0 Å². The van der Waals surface area contributed by atoms with Crippen molar-refractivity contribution in [3.05, 3.63) is 40.7 Å². The zero-order valence-corrected chi connectivity index (χ0v) is 9.93. The van der Waals surface area contributed by atoms with Gasteiger partial charge in [-0.3, -0.25) is 15.2 Å². The number of nitrogen functional groups attached to an aromatic ring is 1. The monoisotopic (exact) mass is 246 g/mol. The summed E-state index contributed by atoms with van der Waals surface area (Å²) in [6.45, 7) is 2.54. The van der Waals surface area contributed by atoms with Crippen molar-refractivity contribution < 1.29 is 4.74 Å². The van der Waals surface area contributed by atoms with Crippen molar-refractivity contribution in [2.75, 3.05) is 12.0 Å². The summed E-state index contributed by atoms with van der Waals surface area (Å²) in [5, 5.41) is 0. The fourth-order valence-corrected chi connectivity index (χ4v) is 1.56. The van der Waals surface area contributed by atoms with Crippen molar-refractivity contribution in [2.24, 2.45) is 5.84 Å². The molecule has 0 unspecified atom stereocenters. The number of nitrogens with zero attached hydrogens (tertiary/aromatic N) is 1. The van der Waals surface area contributed by atoms with Crippen LogP contribution in [0.15, 0.2) is 35.1 Å². The molecular formula is C12H14N4O2. The number of hydrogen-bond donors (Lipinski definition) is 3. The van der Waals surface area contributed by atoms with E-state index in [1.165, 1.54) is 6.07 Å². The smallest absolute Gasteiger partial charge is 0.252 e. The third kappa shape index (κ3) is 2.67. The second-order valence-electron chi connectivity index (χ2n) is 3.58. The maximum Gasteiger partial charge on any atom is 0.252 e. The summed E-state index contributed by atoms with van der Waals surface area (Å²) >= 11 is 0. The van der Waals surface area contributed by atoms with E-state index < -0.39 is 0 Å². The van der Waals surface area contributed by atoms with Crippen LogP contribution in [0.3, 0.4) is 0 Å². The number of rotatable bonds is 4. The van der Waals surface area contributed by atoms with Crippen LogP contribution in [0, 0.1) is 0 Å². The van der Waals surface area contributed by atoms with Crippen molar-refractivity contribution in [2.45, 2.75) is 6.92 Å². The Morgan fingerprint density at radius 2 is 2.11 bits per heavy atom. The molecule has 0 fully saturated rings. The topological polar surface area (TPSA) is 93.0 Å². The van der Waals surface area contributed by atoms with Crippen molar-refractivity contribution >= 4 is 5.95 Å². The Kier molecular flexibility index (Phi) is 3.59. The summed E-state index contributed by atoms with van der Waals surface area (Å²) in [7, 11) is 0. The Labute approximate surface area is 104 Å². The SMILES string of the molecule is CCOc1ccc(-c2cc(=O)[nH]c(NN)n2)cc1. The zero-order chi connectivity index (χ0) is 13.0. The molecule has 0 amide bonds. The van der Waals surface area contributed by atoms with Crippen LogP contribution >= 0.6 is 0 Å². The first-order valence-electron chi connectivity index (χ1n) is 5.54. The molecule has 1 aromatic heterocycles. The van der Waals surface area contributed by atoms with Crippen molar-refractivity contribution in [3.8, 4) is 17.0 Å². The van der Waals surface area contributed by atoms with E-state index in [9.17, 15) is 4.79 Å². The molecule has 94 valence electrons. The lowest BCUT2D eigenvalue weighted by Crippen LogP contribution is -2.16. The highest BCUT2D eigenvalue weighted by Gasteiger charge is 2.03. The second kappa shape index (κ2) is 5.33. The summed E-state index contributed by atoms with van der Waals surface area (Å²) in [5.41, 5.74) is 3.43. The van der Waals surface area contributed by atoms with Gasteiger partial charge in [0, 0.05) is 11.6 Å². The number of benzene rings is 1. The molecule has 0 atom stereocenters. The Morgan fingerprint density at radius 1 is 1.39 bits per heavy atom. The van der Waals surface area contributed by atoms with E-state index in [1.807, 2.05) is 31.2 Å². The molecule has 1 heterocycles. The first-order chi connectivity index (χ1) is 8.72. The van der Waals surface area contributed by atoms with Crippen LogP contribution in [0.4, 0.5) is 5.95 Å². The lowest BCUT2D eigenvalue weighted by atomic mass is 10.1. The Bertz CT molecular complexity index is 577. The fraction of sp³-hybridized carbons (Fsp3) is 0.167.